The van der Waals surface area contributed by atoms with Gasteiger partial charge in [-0.2, -0.15) is 0 Å². The second-order valence-electron chi connectivity index (χ2n) is 6.69. The number of likely N-dealkylation sites (N-methyl/N-ethyl adjacent to an activating group) is 1. The predicted octanol–water partition coefficient (Wildman–Crippen LogP) is 3.03. The van der Waals surface area contributed by atoms with Crippen molar-refractivity contribution >= 4 is 55.1 Å². The average Bonchev–Trinajstić information content (AvgIpc) is 2.69. The first kappa shape index (κ1) is 24.2. The molecule has 0 saturated heterocycles. The van der Waals surface area contributed by atoms with Gasteiger partial charge in [0.25, 0.3) is 0 Å². The fourth-order valence-electron chi connectivity index (χ4n) is 2.82. The maximum Gasteiger partial charge on any atom is 0.244 e. The van der Waals surface area contributed by atoms with Gasteiger partial charge in [-0.1, -0.05) is 45.7 Å². The maximum atomic E-state index is 13.2. The molecule has 2 amide bonds. The third-order valence-electron chi connectivity index (χ3n) is 4.46. The lowest BCUT2D eigenvalue weighted by atomic mass is 10.1. The summed E-state index contributed by atoms with van der Waals surface area (Å²) in [7, 11) is -2.27. The summed E-state index contributed by atoms with van der Waals surface area (Å²) in [5.74, 6) is -0.864. The van der Waals surface area contributed by atoms with Crippen LogP contribution in [0.4, 0.5) is 5.69 Å². The van der Waals surface area contributed by atoms with Gasteiger partial charge >= 0.3 is 0 Å². The molecule has 0 aromatic heterocycles. The van der Waals surface area contributed by atoms with E-state index in [1.807, 2.05) is 0 Å². The molecule has 0 aliphatic rings. The Morgan fingerprint density at radius 2 is 1.80 bits per heavy atom. The molecule has 7 nitrogen and oxygen atoms in total. The van der Waals surface area contributed by atoms with Crippen LogP contribution in [0.1, 0.15) is 12.5 Å². The van der Waals surface area contributed by atoms with E-state index in [-0.39, 0.29) is 12.5 Å². The van der Waals surface area contributed by atoms with Crippen molar-refractivity contribution in [2.75, 3.05) is 24.2 Å². The van der Waals surface area contributed by atoms with Crippen molar-refractivity contribution in [3.8, 4) is 0 Å². The lowest BCUT2D eigenvalue weighted by Gasteiger charge is -2.31. The van der Waals surface area contributed by atoms with Gasteiger partial charge < -0.3 is 10.2 Å². The van der Waals surface area contributed by atoms with Crippen LogP contribution in [-0.2, 0) is 26.2 Å². The molecular formula is C20H23BrClN3O4S. The van der Waals surface area contributed by atoms with E-state index in [4.69, 9.17) is 11.6 Å². The van der Waals surface area contributed by atoms with Gasteiger partial charge in [-0.05, 0) is 42.8 Å². The van der Waals surface area contributed by atoms with Crippen LogP contribution in [0, 0.1) is 0 Å². The van der Waals surface area contributed by atoms with Crippen LogP contribution in [0.3, 0.4) is 0 Å². The number of anilines is 1. The van der Waals surface area contributed by atoms with Crippen molar-refractivity contribution in [3.05, 3.63) is 63.6 Å². The first-order valence-corrected chi connectivity index (χ1v) is 12.0. The fraction of sp³-hybridized carbons (Fsp3) is 0.300. The highest BCUT2D eigenvalue weighted by atomic mass is 79.9. The van der Waals surface area contributed by atoms with E-state index in [1.54, 1.807) is 55.5 Å². The molecule has 0 unspecified atom stereocenters. The van der Waals surface area contributed by atoms with Gasteiger partial charge in [0.2, 0.25) is 21.8 Å². The summed E-state index contributed by atoms with van der Waals surface area (Å²) < 4.78 is 26.5. The molecule has 30 heavy (non-hydrogen) atoms. The molecule has 2 rings (SSSR count). The van der Waals surface area contributed by atoms with E-state index in [0.29, 0.717) is 15.2 Å². The minimum atomic E-state index is -3.75. The molecule has 0 aliphatic heterocycles. The summed E-state index contributed by atoms with van der Waals surface area (Å²) in [5.41, 5.74) is 1.11. The molecule has 0 saturated carbocycles. The molecule has 0 bridgehead atoms. The van der Waals surface area contributed by atoms with Crippen LogP contribution in [0.2, 0.25) is 5.02 Å². The highest BCUT2D eigenvalue weighted by Gasteiger charge is 2.29. The first-order valence-electron chi connectivity index (χ1n) is 9.01. The normalized spacial score (nSPS) is 12.2. The standard InChI is InChI=1S/C20H23BrClN3O4S/c1-14(20(27)23-2)24(12-15-7-9-17(22)10-8-15)19(26)13-25(30(3,28)29)18-6-4-5-16(21)11-18/h4-11,14H,12-13H2,1-3H3,(H,23,27)/t14-/m1/s1. The molecule has 0 heterocycles. The molecule has 162 valence electrons. The lowest BCUT2D eigenvalue weighted by molar-refractivity contribution is -0.139. The summed E-state index contributed by atoms with van der Waals surface area (Å²) in [6.45, 7) is 1.28. The largest absolute Gasteiger partial charge is 0.357 e. The minimum Gasteiger partial charge on any atom is -0.357 e. The monoisotopic (exact) mass is 515 g/mol. The molecule has 10 heteroatoms. The van der Waals surface area contributed by atoms with Crippen LogP contribution < -0.4 is 9.62 Å². The van der Waals surface area contributed by atoms with Gasteiger partial charge in [0, 0.05) is 23.1 Å². The van der Waals surface area contributed by atoms with Gasteiger partial charge in [0.15, 0.2) is 0 Å². The second-order valence-corrected chi connectivity index (χ2v) is 9.95. The summed E-state index contributed by atoms with van der Waals surface area (Å²) in [6, 6.07) is 12.7. The Bertz CT molecular complexity index is 1010. The highest BCUT2D eigenvalue weighted by Crippen LogP contribution is 2.23. The number of nitrogens with one attached hydrogen (secondary N) is 1. The SMILES string of the molecule is CNC(=O)[C@@H](C)N(Cc1ccc(Cl)cc1)C(=O)CN(c1cccc(Br)c1)S(C)(=O)=O. The minimum absolute atomic E-state index is 0.126. The lowest BCUT2D eigenvalue weighted by Crippen LogP contribution is -2.50. The van der Waals surface area contributed by atoms with Crippen LogP contribution >= 0.6 is 27.5 Å². The molecule has 0 fully saturated rings. The first-order chi connectivity index (χ1) is 14.0. The Balaban J connectivity index is 2.36. The van der Waals surface area contributed by atoms with Crippen LogP contribution in [0.15, 0.2) is 53.0 Å². The van der Waals surface area contributed by atoms with Crippen molar-refractivity contribution < 1.29 is 18.0 Å². The topological polar surface area (TPSA) is 86.8 Å². The Kier molecular flexibility index (Phi) is 8.28. The Morgan fingerprint density at radius 1 is 1.17 bits per heavy atom. The van der Waals surface area contributed by atoms with E-state index >= 15 is 0 Å². The quantitative estimate of drug-likeness (QED) is 0.584. The van der Waals surface area contributed by atoms with E-state index in [2.05, 4.69) is 21.2 Å². The number of nitrogens with zero attached hydrogens (tertiary/aromatic N) is 2. The number of hydrogen-bond donors (Lipinski definition) is 1. The van der Waals surface area contributed by atoms with Crippen molar-refractivity contribution in [3.63, 3.8) is 0 Å². The number of benzene rings is 2. The predicted molar refractivity (Wildman–Crippen MR) is 122 cm³/mol. The van der Waals surface area contributed by atoms with Gasteiger partial charge in [-0.15, -0.1) is 0 Å². The molecular weight excluding hydrogens is 494 g/mol. The Hall–Kier alpha value is -2.10. The summed E-state index contributed by atoms with van der Waals surface area (Å²) in [6.07, 6.45) is 1.03. The molecule has 0 radical (unpaired) electrons. The molecule has 0 spiro atoms. The summed E-state index contributed by atoms with van der Waals surface area (Å²) >= 11 is 9.24. The van der Waals surface area contributed by atoms with E-state index < -0.39 is 28.5 Å². The van der Waals surface area contributed by atoms with Gasteiger partial charge in [-0.3, -0.25) is 13.9 Å². The number of carbonyl (C=O) groups excluding carboxylic acids is 2. The fourth-order valence-corrected chi connectivity index (χ4v) is 4.18. The van der Waals surface area contributed by atoms with E-state index in [1.165, 1.54) is 11.9 Å². The number of carbonyl (C=O) groups is 2. The maximum absolute atomic E-state index is 13.2. The number of hydrogen-bond acceptors (Lipinski definition) is 4. The smallest absolute Gasteiger partial charge is 0.244 e. The molecule has 2 aromatic rings. The van der Waals surface area contributed by atoms with Crippen molar-refractivity contribution in [2.45, 2.75) is 19.5 Å². The molecule has 1 N–H and O–H groups in total. The van der Waals surface area contributed by atoms with Crippen molar-refractivity contribution in [1.29, 1.82) is 0 Å². The number of halogens is 2. The zero-order chi connectivity index (χ0) is 22.5. The van der Waals surface area contributed by atoms with Crippen LogP contribution in [0.25, 0.3) is 0 Å². The zero-order valence-corrected chi connectivity index (χ0v) is 20.0. The Morgan fingerprint density at radius 3 is 2.33 bits per heavy atom. The van der Waals surface area contributed by atoms with Gasteiger partial charge in [0.05, 0.1) is 11.9 Å². The third-order valence-corrected chi connectivity index (χ3v) is 6.34. The van der Waals surface area contributed by atoms with Crippen LogP contribution in [0.5, 0.6) is 0 Å². The van der Waals surface area contributed by atoms with Gasteiger partial charge in [-0.25, -0.2) is 8.42 Å². The number of amides is 2. The Labute approximate surface area is 190 Å². The summed E-state index contributed by atoms with van der Waals surface area (Å²) in [5, 5.41) is 3.08. The number of rotatable bonds is 8. The van der Waals surface area contributed by atoms with Crippen LogP contribution in [-0.4, -0.2) is 51.0 Å². The van der Waals surface area contributed by atoms with E-state index in [9.17, 15) is 18.0 Å². The average molecular weight is 517 g/mol. The second kappa shape index (κ2) is 10.3. The molecule has 2 aromatic carbocycles. The zero-order valence-electron chi connectivity index (χ0n) is 16.8. The van der Waals surface area contributed by atoms with Crippen molar-refractivity contribution in [2.24, 2.45) is 0 Å². The van der Waals surface area contributed by atoms with Gasteiger partial charge in [0.1, 0.15) is 12.6 Å². The third kappa shape index (κ3) is 6.45. The van der Waals surface area contributed by atoms with E-state index in [0.717, 1.165) is 16.1 Å². The number of sulfonamides is 1. The molecule has 1 atom stereocenters. The molecule has 0 aliphatic carbocycles. The van der Waals surface area contributed by atoms with Crippen molar-refractivity contribution in [1.82, 2.24) is 10.2 Å². The highest BCUT2D eigenvalue weighted by molar-refractivity contribution is 9.10. The summed E-state index contributed by atoms with van der Waals surface area (Å²) in [4.78, 5) is 26.8.